The summed E-state index contributed by atoms with van der Waals surface area (Å²) in [5, 5.41) is 3.40. The molecule has 0 radical (unpaired) electrons. The SMILES string of the molecule is CC1CNCC(C(C)C)OC1. The average molecular weight is 157 g/mol. The molecule has 0 amide bonds. The van der Waals surface area contributed by atoms with Crippen molar-refractivity contribution >= 4 is 0 Å². The Kier molecular flexibility index (Phi) is 3.34. The maximum atomic E-state index is 5.71. The lowest BCUT2D eigenvalue weighted by Gasteiger charge is -2.18. The van der Waals surface area contributed by atoms with E-state index >= 15 is 0 Å². The second-order valence-corrected chi connectivity index (χ2v) is 3.88. The van der Waals surface area contributed by atoms with Gasteiger partial charge in [0, 0.05) is 6.54 Å². The van der Waals surface area contributed by atoms with Crippen LogP contribution in [0.5, 0.6) is 0 Å². The highest BCUT2D eigenvalue weighted by atomic mass is 16.5. The fourth-order valence-electron chi connectivity index (χ4n) is 1.31. The van der Waals surface area contributed by atoms with E-state index in [-0.39, 0.29) is 0 Å². The first-order valence-corrected chi connectivity index (χ1v) is 4.52. The van der Waals surface area contributed by atoms with Crippen molar-refractivity contribution in [3.05, 3.63) is 0 Å². The van der Waals surface area contributed by atoms with Crippen molar-refractivity contribution in [2.24, 2.45) is 11.8 Å². The van der Waals surface area contributed by atoms with Crippen molar-refractivity contribution in [2.45, 2.75) is 26.9 Å². The molecular formula is C9H19NO. The molecule has 0 bridgehead atoms. The zero-order valence-corrected chi connectivity index (χ0v) is 7.76. The minimum absolute atomic E-state index is 0.417. The summed E-state index contributed by atoms with van der Waals surface area (Å²) in [5.74, 6) is 1.30. The van der Waals surface area contributed by atoms with Crippen LogP contribution in [0, 0.1) is 11.8 Å². The van der Waals surface area contributed by atoms with Crippen molar-refractivity contribution in [2.75, 3.05) is 19.7 Å². The summed E-state index contributed by atoms with van der Waals surface area (Å²) in [6.45, 7) is 9.67. The maximum absolute atomic E-state index is 5.71. The highest BCUT2D eigenvalue weighted by Gasteiger charge is 2.18. The number of hydrogen-bond donors (Lipinski definition) is 1. The Morgan fingerprint density at radius 3 is 2.73 bits per heavy atom. The number of nitrogens with one attached hydrogen (secondary N) is 1. The molecule has 0 aromatic heterocycles. The third-order valence-corrected chi connectivity index (χ3v) is 2.18. The molecule has 0 aliphatic carbocycles. The molecule has 1 fully saturated rings. The van der Waals surface area contributed by atoms with E-state index < -0.39 is 0 Å². The van der Waals surface area contributed by atoms with Gasteiger partial charge in [0.05, 0.1) is 12.7 Å². The van der Waals surface area contributed by atoms with Crippen LogP contribution in [0.3, 0.4) is 0 Å². The lowest BCUT2D eigenvalue weighted by molar-refractivity contribution is 0.0233. The zero-order chi connectivity index (χ0) is 8.27. The van der Waals surface area contributed by atoms with Gasteiger partial charge in [-0.2, -0.15) is 0 Å². The average Bonchev–Trinajstić information content (AvgIpc) is 2.13. The summed E-state index contributed by atoms with van der Waals surface area (Å²) >= 11 is 0. The highest BCUT2D eigenvalue weighted by Crippen LogP contribution is 2.10. The third-order valence-electron chi connectivity index (χ3n) is 2.18. The Labute approximate surface area is 69.3 Å². The minimum Gasteiger partial charge on any atom is -0.376 e. The Balaban J connectivity index is 2.34. The normalized spacial score (nSPS) is 33.8. The molecule has 1 rings (SSSR count). The highest BCUT2D eigenvalue weighted by molar-refractivity contribution is 4.71. The molecule has 2 atom stereocenters. The number of rotatable bonds is 1. The predicted molar refractivity (Wildman–Crippen MR) is 46.6 cm³/mol. The molecule has 0 aromatic rings. The topological polar surface area (TPSA) is 21.3 Å². The zero-order valence-electron chi connectivity index (χ0n) is 7.76. The van der Waals surface area contributed by atoms with Crippen molar-refractivity contribution in [1.29, 1.82) is 0 Å². The number of hydrogen-bond acceptors (Lipinski definition) is 2. The van der Waals surface area contributed by atoms with Crippen LogP contribution < -0.4 is 5.32 Å². The second-order valence-electron chi connectivity index (χ2n) is 3.88. The maximum Gasteiger partial charge on any atom is 0.0722 e. The molecule has 0 saturated carbocycles. The lowest BCUT2D eigenvalue weighted by atomic mass is 10.1. The van der Waals surface area contributed by atoms with Crippen molar-refractivity contribution in [3.63, 3.8) is 0 Å². The van der Waals surface area contributed by atoms with Crippen LogP contribution in [0.25, 0.3) is 0 Å². The smallest absolute Gasteiger partial charge is 0.0722 e. The molecule has 2 unspecified atom stereocenters. The first kappa shape index (κ1) is 9.01. The number of ether oxygens (including phenoxy) is 1. The van der Waals surface area contributed by atoms with Gasteiger partial charge >= 0.3 is 0 Å². The Morgan fingerprint density at radius 2 is 2.09 bits per heavy atom. The van der Waals surface area contributed by atoms with Crippen molar-refractivity contribution in [1.82, 2.24) is 5.32 Å². The quantitative estimate of drug-likeness (QED) is 0.619. The third kappa shape index (κ3) is 2.80. The van der Waals surface area contributed by atoms with Gasteiger partial charge in [-0.25, -0.2) is 0 Å². The molecule has 11 heavy (non-hydrogen) atoms. The van der Waals surface area contributed by atoms with Gasteiger partial charge in [0.15, 0.2) is 0 Å². The van der Waals surface area contributed by atoms with E-state index in [1.165, 1.54) is 0 Å². The van der Waals surface area contributed by atoms with Gasteiger partial charge < -0.3 is 10.1 Å². The van der Waals surface area contributed by atoms with Gasteiger partial charge in [-0.1, -0.05) is 20.8 Å². The van der Waals surface area contributed by atoms with Gasteiger partial charge in [0.25, 0.3) is 0 Å². The second kappa shape index (κ2) is 4.07. The van der Waals surface area contributed by atoms with E-state index in [0.29, 0.717) is 17.9 Å². The monoisotopic (exact) mass is 157 g/mol. The predicted octanol–water partition coefficient (Wildman–Crippen LogP) is 1.27. The van der Waals surface area contributed by atoms with Crippen LogP contribution in [0.2, 0.25) is 0 Å². The molecule has 2 nitrogen and oxygen atoms in total. The van der Waals surface area contributed by atoms with Crippen LogP contribution in [-0.2, 0) is 4.74 Å². The van der Waals surface area contributed by atoms with Crippen LogP contribution in [-0.4, -0.2) is 25.8 Å². The van der Waals surface area contributed by atoms with Gasteiger partial charge in [-0.15, -0.1) is 0 Å². The summed E-state index contributed by atoms with van der Waals surface area (Å²) in [7, 11) is 0. The van der Waals surface area contributed by atoms with Gasteiger partial charge in [-0.05, 0) is 18.4 Å². The van der Waals surface area contributed by atoms with Crippen molar-refractivity contribution < 1.29 is 4.74 Å². The van der Waals surface area contributed by atoms with Crippen LogP contribution >= 0.6 is 0 Å². The van der Waals surface area contributed by atoms with E-state index in [1.807, 2.05) is 0 Å². The van der Waals surface area contributed by atoms with E-state index in [4.69, 9.17) is 4.74 Å². The summed E-state index contributed by atoms with van der Waals surface area (Å²) in [6, 6.07) is 0. The molecule has 1 aliphatic rings. The Bertz CT molecular complexity index is 114. The summed E-state index contributed by atoms with van der Waals surface area (Å²) in [4.78, 5) is 0. The summed E-state index contributed by atoms with van der Waals surface area (Å²) in [6.07, 6.45) is 0.417. The van der Waals surface area contributed by atoms with E-state index in [2.05, 4.69) is 26.1 Å². The van der Waals surface area contributed by atoms with Crippen molar-refractivity contribution in [3.8, 4) is 0 Å². The molecule has 66 valence electrons. The molecule has 0 aromatic carbocycles. The minimum atomic E-state index is 0.417. The molecule has 1 heterocycles. The Morgan fingerprint density at radius 1 is 1.36 bits per heavy atom. The molecular weight excluding hydrogens is 138 g/mol. The van der Waals surface area contributed by atoms with E-state index in [0.717, 1.165) is 19.7 Å². The van der Waals surface area contributed by atoms with Gasteiger partial charge in [-0.3, -0.25) is 0 Å². The molecule has 1 N–H and O–H groups in total. The lowest BCUT2D eigenvalue weighted by Crippen LogP contribution is -2.30. The van der Waals surface area contributed by atoms with E-state index in [9.17, 15) is 0 Å². The fourth-order valence-corrected chi connectivity index (χ4v) is 1.31. The first-order valence-electron chi connectivity index (χ1n) is 4.52. The van der Waals surface area contributed by atoms with Gasteiger partial charge in [0.1, 0.15) is 0 Å². The molecule has 0 spiro atoms. The van der Waals surface area contributed by atoms with Crippen LogP contribution in [0.1, 0.15) is 20.8 Å². The summed E-state index contributed by atoms with van der Waals surface area (Å²) < 4.78 is 5.71. The van der Waals surface area contributed by atoms with E-state index in [1.54, 1.807) is 0 Å². The molecule has 1 aliphatic heterocycles. The fraction of sp³-hybridized carbons (Fsp3) is 1.00. The van der Waals surface area contributed by atoms with Crippen LogP contribution in [0.15, 0.2) is 0 Å². The first-order chi connectivity index (χ1) is 5.20. The molecule has 1 saturated heterocycles. The largest absolute Gasteiger partial charge is 0.376 e. The summed E-state index contributed by atoms with van der Waals surface area (Å²) in [5.41, 5.74) is 0. The standard InChI is InChI=1S/C9H19NO/c1-7(2)9-5-10-4-8(3)6-11-9/h7-10H,4-6H2,1-3H3. The van der Waals surface area contributed by atoms with Crippen LogP contribution in [0.4, 0.5) is 0 Å². The Hall–Kier alpha value is -0.0800. The molecule has 2 heteroatoms. The van der Waals surface area contributed by atoms with Gasteiger partial charge in [0.2, 0.25) is 0 Å².